The van der Waals surface area contributed by atoms with Crippen molar-refractivity contribution >= 4 is 18.4 Å². The molecule has 2 atom stereocenters. The summed E-state index contributed by atoms with van der Waals surface area (Å²) in [7, 11) is 1.45. The Bertz CT molecular complexity index is 146. The standard InChI is InChI=1S/C8H15NO2.ClH/c1-6(8(10)11-2)7-3-4-9-5-7;/h6-7,9H,3-5H2,1-2H3;1H/t6-,7-;/m1./s1. The summed E-state index contributed by atoms with van der Waals surface area (Å²) in [4.78, 5) is 11.0. The average molecular weight is 194 g/mol. The van der Waals surface area contributed by atoms with Crippen LogP contribution in [0.5, 0.6) is 0 Å². The molecule has 1 aliphatic rings. The molecular formula is C8H16ClNO2. The molecule has 0 aromatic carbocycles. The fraction of sp³-hybridized carbons (Fsp3) is 0.875. The van der Waals surface area contributed by atoms with Crippen LogP contribution in [-0.4, -0.2) is 26.2 Å². The van der Waals surface area contributed by atoms with Crippen LogP contribution < -0.4 is 5.32 Å². The van der Waals surface area contributed by atoms with Gasteiger partial charge in [-0.15, -0.1) is 12.4 Å². The number of rotatable bonds is 2. The van der Waals surface area contributed by atoms with Crippen molar-refractivity contribution in [2.45, 2.75) is 13.3 Å². The van der Waals surface area contributed by atoms with E-state index in [0.29, 0.717) is 5.92 Å². The molecule has 0 unspecified atom stereocenters. The van der Waals surface area contributed by atoms with Gasteiger partial charge in [0.25, 0.3) is 0 Å². The molecule has 0 radical (unpaired) electrons. The molecule has 3 nitrogen and oxygen atoms in total. The lowest BCUT2D eigenvalue weighted by atomic mass is 9.94. The molecule has 12 heavy (non-hydrogen) atoms. The van der Waals surface area contributed by atoms with Crippen molar-refractivity contribution in [3.05, 3.63) is 0 Å². The number of methoxy groups -OCH3 is 1. The lowest BCUT2D eigenvalue weighted by Gasteiger charge is -2.14. The lowest BCUT2D eigenvalue weighted by molar-refractivity contribution is -0.146. The van der Waals surface area contributed by atoms with Crippen molar-refractivity contribution < 1.29 is 9.53 Å². The van der Waals surface area contributed by atoms with E-state index in [0.717, 1.165) is 19.5 Å². The summed E-state index contributed by atoms with van der Waals surface area (Å²) in [5.74, 6) is 0.441. The third kappa shape index (κ3) is 2.64. The molecule has 0 aromatic heterocycles. The van der Waals surface area contributed by atoms with Crippen molar-refractivity contribution in [3.8, 4) is 0 Å². The molecule has 4 heteroatoms. The van der Waals surface area contributed by atoms with Gasteiger partial charge in [0.2, 0.25) is 0 Å². The van der Waals surface area contributed by atoms with Gasteiger partial charge in [-0.2, -0.15) is 0 Å². The second-order valence-corrected chi connectivity index (χ2v) is 3.06. The zero-order valence-corrected chi connectivity index (χ0v) is 8.32. The number of hydrogen-bond donors (Lipinski definition) is 1. The SMILES string of the molecule is COC(=O)[C@H](C)[C@@H]1CCNC1.Cl. The average Bonchev–Trinajstić information content (AvgIpc) is 2.53. The van der Waals surface area contributed by atoms with Crippen LogP contribution >= 0.6 is 12.4 Å². The van der Waals surface area contributed by atoms with E-state index in [9.17, 15) is 4.79 Å². The Kier molecular flexibility index (Phi) is 5.25. The van der Waals surface area contributed by atoms with Crippen molar-refractivity contribution in [1.29, 1.82) is 0 Å². The second-order valence-electron chi connectivity index (χ2n) is 3.06. The number of ether oxygens (including phenoxy) is 1. The quantitative estimate of drug-likeness (QED) is 0.661. The van der Waals surface area contributed by atoms with E-state index in [4.69, 9.17) is 0 Å². The maximum Gasteiger partial charge on any atom is 0.308 e. The van der Waals surface area contributed by atoms with Crippen molar-refractivity contribution in [2.75, 3.05) is 20.2 Å². The summed E-state index contributed by atoms with van der Waals surface area (Å²) in [5.41, 5.74) is 0. The molecule has 0 spiro atoms. The molecular weight excluding hydrogens is 178 g/mol. The highest BCUT2D eigenvalue weighted by atomic mass is 35.5. The second kappa shape index (κ2) is 5.38. The number of hydrogen-bond acceptors (Lipinski definition) is 3. The van der Waals surface area contributed by atoms with E-state index in [1.807, 2.05) is 6.92 Å². The first-order valence-corrected chi connectivity index (χ1v) is 4.04. The Morgan fingerprint density at radius 1 is 1.67 bits per heavy atom. The third-order valence-electron chi connectivity index (χ3n) is 2.38. The highest BCUT2D eigenvalue weighted by molar-refractivity contribution is 5.85. The first-order valence-electron chi connectivity index (χ1n) is 4.04. The van der Waals surface area contributed by atoms with E-state index in [-0.39, 0.29) is 24.3 Å². The topological polar surface area (TPSA) is 38.3 Å². The maximum atomic E-state index is 11.0. The predicted molar refractivity (Wildman–Crippen MR) is 49.4 cm³/mol. The lowest BCUT2D eigenvalue weighted by Crippen LogP contribution is -2.23. The summed E-state index contributed by atoms with van der Waals surface area (Å²) in [5, 5.41) is 3.22. The monoisotopic (exact) mass is 193 g/mol. The number of carbonyl (C=O) groups excluding carboxylic acids is 1. The minimum Gasteiger partial charge on any atom is -0.469 e. The summed E-state index contributed by atoms with van der Waals surface area (Å²) in [6, 6.07) is 0. The van der Waals surface area contributed by atoms with Crippen molar-refractivity contribution in [2.24, 2.45) is 11.8 Å². The fourth-order valence-corrected chi connectivity index (χ4v) is 1.48. The van der Waals surface area contributed by atoms with Crippen LogP contribution in [-0.2, 0) is 9.53 Å². The number of nitrogens with one attached hydrogen (secondary N) is 1. The van der Waals surface area contributed by atoms with Crippen LogP contribution in [0.2, 0.25) is 0 Å². The van der Waals surface area contributed by atoms with Crippen molar-refractivity contribution in [3.63, 3.8) is 0 Å². The van der Waals surface area contributed by atoms with E-state index >= 15 is 0 Å². The Balaban J connectivity index is 0.00000121. The van der Waals surface area contributed by atoms with E-state index < -0.39 is 0 Å². The zero-order valence-electron chi connectivity index (χ0n) is 7.50. The van der Waals surface area contributed by atoms with Crippen LogP contribution in [0.3, 0.4) is 0 Å². The summed E-state index contributed by atoms with van der Waals surface area (Å²) in [6.45, 7) is 3.92. The predicted octanol–water partition coefficient (Wildman–Crippen LogP) is 0.827. The molecule has 0 saturated carbocycles. The molecule has 1 aliphatic heterocycles. The number of esters is 1. The smallest absolute Gasteiger partial charge is 0.308 e. The van der Waals surface area contributed by atoms with Gasteiger partial charge in [-0.1, -0.05) is 6.92 Å². The molecule has 1 heterocycles. The van der Waals surface area contributed by atoms with Gasteiger partial charge < -0.3 is 10.1 Å². The molecule has 1 saturated heterocycles. The molecule has 1 rings (SSSR count). The van der Waals surface area contributed by atoms with Gasteiger partial charge in [-0.05, 0) is 25.4 Å². The van der Waals surface area contributed by atoms with Crippen molar-refractivity contribution in [1.82, 2.24) is 5.32 Å². The van der Waals surface area contributed by atoms with Crippen LogP contribution in [0.25, 0.3) is 0 Å². The Hall–Kier alpha value is -0.280. The van der Waals surface area contributed by atoms with Crippen LogP contribution in [0.4, 0.5) is 0 Å². The zero-order chi connectivity index (χ0) is 8.27. The first-order chi connectivity index (χ1) is 5.25. The van der Waals surface area contributed by atoms with Gasteiger partial charge in [0, 0.05) is 0 Å². The van der Waals surface area contributed by atoms with Gasteiger partial charge in [-0.25, -0.2) is 0 Å². The van der Waals surface area contributed by atoms with Gasteiger partial charge in [0.15, 0.2) is 0 Å². The minimum atomic E-state index is -0.0845. The highest BCUT2D eigenvalue weighted by Gasteiger charge is 2.26. The Morgan fingerprint density at radius 3 is 2.75 bits per heavy atom. The minimum absolute atomic E-state index is 0. The summed E-state index contributed by atoms with van der Waals surface area (Å²) < 4.78 is 4.66. The molecule has 0 bridgehead atoms. The summed E-state index contributed by atoms with van der Waals surface area (Å²) in [6.07, 6.45) is 1.09. The van der Waals surface area contributed by atoms with Gasteiger partial charge in [0.1, 0.15) is 0 Å². The molecule has 72 valence electrons. The molecule has 0 aromatic rings. The highest BCUT2D eigenvalue weighted by Crippen LogP contribution is 2.19. The van der Waals surface area contributed by atoms with Crippen LogP contribution in [0.15, 0.2) is 0 Å². The van der Waals surface area contributed by atoms with E-state index in [2.05, 4.69) is 10.1 Å². The van der Waals surface area contributed by atoms with Gasteiger partial charge in [0.05, 0.1) is 13.0 Å². The molecule has 1 fully saturated rings. The van der Waals surface area contributed by atoms with Crippen LogP contribution in [0.1, 0.15) is 13.3 Å². The summed E-state index contributed by atoms with van der Waals surface area (Å²) >= 11 is 0. The molecule has 1 N–H and O–H groups in total. The molecule has 0 aliphatic carbocycles. The Labute approximate surface area is 79.3 Å². The first kappa shape index (κ1) is 11.7. The third-order valence-corrected chi connectivity index (χ3v) is 2.38. The van der Waals surface area contributed by atoms with Gasteiger partial charge >= 0.3 is 5.97 Å². The van der Waals surface area contributed by atoms with Gasteiger partial charge in [-0.3, -0.25) is 4.79 Å². The largest absolute Gasteiger partial charge is 0.469 e. The van der Waals surface area contributed by atoms with Crippen LogP contribution in [0, 0.1) is 11.8 Å². The normalized spacial score (nSPS) is 24.3. The maximum absolute atomic E-state index is 11.0. The van der Waals surface area contributed by atoms with E-state index in [1.165, 1.54) is 7.11 Å². The number of halogens is 1. The number of carbonyl (C=O) groups is 1. The Morgan fingerprint density at radius 2 is 2.33 bits per heavy atom. The molecule has 0 amide bonds. The fourth-order valence-electron chi connectivity index (χ4n) is 1.48. The van der Waals surface area contributed by atoms with E-state index in [1.54, 1.807) is 0 Å².